The maximum atomic E-state index is 14.7. The first-order valence-electron chi connectivity index (χ1n) is 26.7. The van der Waals surface area contributed by atoms with E-state index >= 15 is 0 Å². The minimum absolute atomic E-state index is 0.0522. The van der Waals surface area contributed by atoms with Gasteiger partial charge in [0.1, 0.15) is 52.4 Å². The number of carbonyl (C=O) groups excluding carboxylic acids is 4. The van der Waals surface area contributed by atoms with E-state index in [2.05, 4.69) is 61.9 Å². The number of nitrogens with one attached hydrogen (secondary N) is 4. The first kappa shape index (κ1) is 55.3. The Morgan fingerprint density at radius 3 is 2.40 bits per heavy atom. The standard InChI is InChI=1S/C54H70N14O9S/c1-32-33(2)62-63-47(32)61-48-38-26-45(78(75,76)54(4,5)6)44(27-40(38)57-31-58-48)77-25-11-19-65-21-23-66(24-22-65)46-29-55-41(28-56-46)51(71)67-20-18-36-16-17-43(50(70)59-39-15-10-13-35-12-8-9-14-37(35)39)68(36)52(72)42(30-67)60-49(69)34(3)64(7)53(73)74/h8-9,12,14,26-29,31,34,36,39,42-43H,10-11,13,15-25,30H2,1-7H3,(H,59,70)(H,60,69)(H,73,74)(H2,57,58,61,62,63)/t34?,36-,39-,42+,43+/m1/s1. The van der Waals surface area contributed by atoms with Crippen molar-refractivity contribution < 1.29 is 42.2 Å². The number of ether oxygens (including phenoxy) is 1. The lowest BCUT2D eigenvalue weighted by molar-refractivity contribution is -0.145. The summed E-state index contributed by atoms with van der Waals surface area (Å²) in [4.78, 5) is 94.8. The molecule has 3 aliphatic heterocycles. The van der Waals surface area contributed by atoms with Crippen LogP contribution in [0, 0.1) is 13.8 Å². The summed E-state index contributed by atoms with van der Waals surface area (Å²) >= 11 is 0. The van der Waals surface area contributed by atoms with Gasteiger partial charge in [0.15, 0.2) is 15.7 Å². The molecular formula is C54H70N14O9S. The second kappa shape index (κ2) is 22.9. The zero-order valence-corrected chi connectivity index (χ0v) is 46.1. The van der Waals surface area contributed by atoms with Gasteiger partial charge in [-0.1, -0.05) is 24.3 Å². The molecule has 0 spiro atoms. The van der Waals surface area contributed by atoms with Crippen LogP contribution in [0.3, 0.4) is 0 Å². The van der Waals surface area contributed by atoms with Crippen LogP contribution in [-0.4, -0.2) is 181 Å². The number of sulfone groups is 1. The summed E-state index contributed by atoms with van der Waals surface area (Å²) in [5, 5.41) is 26.6. The summed E-state index contributed by atoms with van der Waals surface area (Å²) in [6.07, 6.45) is 7.59. The van der Waals surface area contributed by atoms with E-state index in [0.29, 0.717) is 86.8 Å². The number of aromatic amines is 1. The van der Waals surface area contributed by atoms with Crippen LogP contribution >= 0.6 is 0 Å². The molecule has 9 rings (SSSR count). The summed E-state index contributed by atoms with van der Waals surface area (Å²) in [6.45, 7) is 13.8. The maximum Gasteiger partial charge on any atom is 0.407 e. The summed E-state index contributed by atoms with van der Waals surface area (Å²) in [5.74, 6) is -0.203. The lowest BCUT2D eigenvalue weighted by Crippen LogP contribution is -2.62. The third-order valence-electron chi connectivity index (χ3n) is 15.8. The molecule has 416 valence electrons. The zero-order chi connectivity index (χ0) is 55.6. The largest absolute Gasteiger partial charge is 0.492 e. The summed E-state index contributed by atoms with van der Waals surface area (Å²) in [5.41, 5.74) is 4.62. The molecule has 0 saturated carbocycles. The highest BCUT2D eigenvalue weighted by Gasteiger charge is 2.46. The molecule has 24 heteroatoms. The van der Waals surface area contributed by atoms with E-state index in [0.717, 1.165) is 41.0 Å². The van der Waals surface area contributed by atoms with E-state index < -0.39 is 62.6 Å². The van der Waals surface area contributed by atoms with Gasteiger partial charge in [0, 0.05) is 75.1 Å². The van der Waals surface area contributed by atoms with E-state index in [1.807, 2.05) is 32.0 Å². The van der Waals surface area contributed by atoms with Gasteiger partial charge in [0.25, 0.3) is 5.91 Å². The van der Waals surface area contributed by atoms with Crippen molar-refractivity contribution in [2.45, 2.75) is 126 Å². The zero-order valence-electron chi connectivity index (χ0n) is 45.3. The molecule has 2 aromatic carbocycles. The lowest BCUT2D eigenvalue weighted by atomic mass is 9.87. The molecule has 5 amide bonds. The number of H-pyrrole nitrogens is 1. The Balaban J connectivity index is 0.818. The molecule has 1 unspecified atom stereocenters. The van der Waals surface area contributed by atoms with Gasteiger partial charge in [-0.15, -0.1) is 0 Å². The van der Waals surface area contributed by atoms with Crippen LogP contribution in [0.4, 0.5) is 22.2 Å². The van der Waals surface area contributed by atoms with Crippen molar-refractivity contribution in [1.29, 1.82) is 0 Å². The van der Waals surface area contributed by atoms with E-state index in [1.165, 1.54) is 37.0 Å². The molecule has 5 atom stereocenters. The molecule has 3 aromatic heterocycles. The van der Waals surface area contributed by atoms with Crippen molar-refractivity contribution in [2.75, 3.05) is 69.7 Å². The average Bonchev–Trinajstić information content (AvgIpc) is 4.09. The minimum Gasteiger partial charge on any atom is -0.492 e. The average molecular weight is 1090 g/mol. The Bertz CT molecular complexity index is 3180. The number of carbonyl (C=O) groups is 5. The number of fused-ring (bicyclic) bond motifs is 3. The number of carboxylic acid groups (broad SMARTS) is 1. The maximum absolute atomic E-state index is 14.7. The Morgan fingerprint density at radius 2 is 1.69 bits per heavy atom. The number of hydrogen-bond acceptors (Lipinski definition) is 16. The van der Waals surface area contributed by atoms with Crippen molar-refractivity contribution in [1.82, 2.24) is 60.4 Å². The molecule has 5 N–H and O–H groups in total. The number of aromatic nitrogens is 6. The number of piperazine rings is 1. The predicted octanol–water partition coefficient (Wildman–Crippen LogP) is 4.55. The Kier molecular flexibility index (Phi) is 16.2. The summed E-state index contributed by atoms with van der Waals surface area (Å²) < 4.78 is 33.1. The van der Waals surface area contributed by atoms with Crippen LogP contribution in [0.25, 0.3) is 10.9 Å². The monoisotopic (exact) mass is 1090 g/mol. The number of benzene rings is 2. The first-order chi connectivity index (χ1) is 37.2. The number of anilines is 3. The van der Waals surface area contributed by atoms with Crippen molar-refractivity contribution in [3.05, 3.63) is 83.2 Å². The number of rotatable bonds is 15. The van der Waals surface area contributed by atoms with Gasteiger partial charge < -0.3 is 40.5 Å². The van der Waals surface area contributed by atoms with Gasteiger partial charge in [-0.3, -0.25) is 34.1 Å². The second-order valence-electron chi connectivity index (χ2n) is 21.7. The van der Waals surface area contributed by atoms with Crippen molar-refractivity contribution >= 4 is 67.9 Å². The van der Waals surface area contributed by atoms with Crippen molar-refractivity contribution in [2.24, 2.45) is 0 Å². The van der Waals surface area contributed by atoms with Gasteiger partial charge in [-0.2, -0.15) is 5.10 Å². The van der Waals surface area contributed by atoms with Crippen LogP contribution in [0.2, 0.25) is 0 Å². The highest BCUT2D eigenvalue weighted by molar-refractivity contribution is 7.92. The molecule has 3 saturated heterocycles. The molecule has 4 aliphatic rings. The smallest absolute Gasteiger partial charge is 0.407 e. The lowest BCUT2D eigenvalue weighted by Gasteiger charge is -2.39. The third kappa shape index (κ3) is 11.5. The Morgan fingerprint density at radius 1 is 0.923 bits per heavy atom. The SMILES string of the molecule is Cc1[nH]nc(Nc2ncnc3cc(OCCCN4CCN(c5cnc(C(=O)N6CC[C@H]7CC[C@@H](C(=O)N[C@@H]8CCCc9ccccc98)N7C(=O)[C@@H](NC(=O)C(C)N(C)C(=O)O)C6)cn5)CC4)c(S(=O)(=O)C(C)(C)C)cc23)c1C. The number of hydrogen-bond donors (Lipinski definition) is 5. The fourth-order valence-corrected chi connectivity index (χ4v) is 12.0. The van der Waals surface area contributed by atoms with Gasteiger partial charge >= 0.3 is 6.09 Å². The van der Waals surface area contributed by atoms with E-state index in [-0.39, 0.29) is 48.0 Å². The quantitative estimate of drug-likeness (QED) is 0.0899. The predicted molar refractivity (Wildman–Crippen MR) is 290 cm³/mol. The molecule has 5 aromatic rings. The Labute approximate surface area is 453 Å². The molecule has 3 fully saturated rings. The van der Waals surface area contributed by atoms with Crippen LogP contribution < -0.4 is 25.6 Å². The van der Waals surface area contributed by atoms with Gasteiger partial charge in [-0.05, 0) is 104 Å². The Hall–Kier alpha value is -7.47. The highest BCUT2D eigenvalue weighted by atomic mass is 32.2. The molecule has 1 aliphatic carbocycles. The van der Waals surface area contributed by atoms with E-state index in [9.17, 15) is 37.5 Å². The summed E-state index contributed by atoms with van der Waals surface area (Å²) in [6, 6.07) is 7.43. The molecule has 78 heavy (non-hydrogen) atoms. The normalized spacial score (nSPS) is 20.5. The first-order valence-corrected chi connectivity index (χ1v) is 28.2. The van der Waals surface area contributed by atoms with Crippen LogP contribution in [-0.2, 0) is 30.6 Å². The number of aryl methyl sites for hydroxylation is 2. The van der Waals surface area contributed by atoms with Crippen molar-refractivity contribution in [3.8, 4) is 5.75 Å². The molecular weight excluding hydrogens is 1020 g/mol. The molecule has 0 radical (unpaired) electrons. The molecule has 6 heterocycles. The summed E-state index contributed by atoms with van der Waals surface area (Å²) in [7, 11) is -2.61. The fourth-order valence-electron chi connectivity index (χ4n) is 10.7. The number of amides is 5. The number of nitrogens with zero attached hydrogens (tertiary/aromatic N) is 10. The van der Waals surface area contributed by atoms with Crippen LogP contribution in [0.5, 0.6) is 5.75 Å². The molecule has 0 bridgehead atoms. The van der Waals surface area contributed by atoms with Gasteiger partial charge in [0.2, 0.25) is 17.7 Å². The van der Waals surface area contributed by atoms with E-state index in [1.54, 1.807) is 44.0 Å². The van der Waals surface area contributed by atoms with Crippen molar-refractivity contribution in [3.63, 3.8) is 0 Å². The minimum atomic E-state index is -3.86. The second-order valence-corrected chi connectivity index (χ2v) is 24.4. The van der Waals surface area contributed by atoms with Gasteiger partial charge in [-0.25, -0.2) is 33.1 Å². The topological polar surface area (TPSA) is 281 Å². The third-order valence-corrected chi connectivity index (χ3v) is 18.3. The van der Waals surface area contributed by atoms with Gasteiger partial charge in [0.05, 0.1) is 41.9 Å². The van der Waals surface area contributed by atoms with Crippen LogP contribution in [0.15, 0.2) is 60.0 Å². The fraction of sp³-hybridized carbons (Fsp3) is 0.519. The highest BCUT2D eigenvalue weighted by Crippen LogP contribution is 2.38. The van der Waals surface area contributed by atoms with E-state index in [4.69, 9.17) is 4.74 Å². The molecule has 23 nitrogen and oxygen atoms in total. The van der Waals surface area contributed by atoms with Crippen LogP contribution in [0.1, 0.15) is 105 Å². The number of likely N-dealkylation sites (N-methyl/N-ethyl adjacent to an activating group) is 1.